The van der Waals surface area contributed by atoms with E-state index in [0.29, 0.717) is 12.0 Å². The number of carbonyl (C=O) groups is 2. The van der Waals surface area contributed by atoms with Gasteiger partial charge in [-0.15, -0.1) is 0 Å². The van der Waals surface area contributed by atoms with Gasteiger partial charge in [-0.05, 0) is 86.8 Å². The minimum absolute atomic E-state index is 0.224. The van der Waals surface area contributed by atoms with Crippen LogP contribution in [0.15, 0.2) is 36.4 Å². The molecule has 2 aromatic rings. The second-order valence-electron chi connectivity index (χ2n) is 12.5. The Morgan fingerprint density at radius 1 is 0.846 bits per heavy atom. The van der Waals surface area contributed by atoms with Crippen LogP contribution in [0.1, 0.15) is 107 Å². The summed E-state index contributed by atoms with van der Waals surface area (Å²) in [6.45, 7) is 19.6. The van der Waals surface area contributed by atoms with Crippen molar-refractivity contribution >= 4 is 11.9 Å². The van der Waals surface area contributed by atoms with Gasteiger partial charge >= 0.3 is 5.97 Å². The zero-order valence-corrected chi connectivity index (χ0v) is 25.9. The maximum atomic E-state index is 13.2. The fourth-order valence-corrected chi connectivity index (χ4v) is 5.17. The third-order valence-electron chi connectivity index (χ3n) is 9.06. The van der Waals surface area contributed by atoms with E-state index < -0.39 is 17.1 Å². The van der Waals surface area contributed by atoms with Crippen molar-refractivity contribution in [2.24, 2.45) is 5.41 Å². The van der Waals surface area contributed by atoms with E-state index in [0.717, 1.165) is 35.3 Å². The van der Waals surface area contributed by atoms with Crippen molar-refractivity contribution in [3.05, 3.63) is 64.2 Å². The molecule has 2 aromatic carbocycles. The molecular weight excluding hydrogens is 490 g/mol. The van der Waals surface area contributed by atoms with Gasteiger partial charge in [0.25, 0.3) is 5.91 Å². The first-order valence-corrected chi connectivity index (χ1v) is 14.0. The van der Waals surface area contributed by atoms with E-state index in [2.05, 4.69) is 32.0 Å². The van der Waals surface area contributed by atoms with Gasteiger partial charge in [0, 0.05) is 18.0 Å². The van der Waals surface area contributed by atoms with E-state index in [9.17, 15) is 19.8 Å². The van der Waals surface area contributed by atoms with E-state index in [1.165, 1.54) is 31.4 Å². The first-order chi connectivity index (χ1) is 17.9. The molecule has 0 bridgehead atoms. The van der Waals surface area contributed by atoms with Crippen LogP contribution in [0.3, 0.4) is 0 Å². The second kappa shape index (κ2) is 11.7. The number of aliphatic hydroxyl groups is 1. The van der Waals surface area contributed by atoms with Crippen LogP contribution in [0.5, 0.6) is 5.75 Å². The van der Waals surface area contributed by atoms with E-state index in [1.54, 1.807) is 0 Å². The largest absolute Gasteiger partial charge is 0.490 e. The van der Waals surface area contributed by atoms with Crippen LogP contribution < -0.4 is 4.74 Å². The Kier molecular flexibility index (Phi) is 9.71. The molecule has 1 atom stereocenters. The summed E-state index contributed by atoms with van der Waals surface area (Å²) in [6, 6.07) is 12.2. The number of carbonyl (C=O) groups excluding carboxylic acids is 1. The van der Waals surface area contributed by atoms with E-state index in [1.807, 2.05) is 59.7 Å². The average molecular weight is 540 g/mol. The molecule has 6 nitrogen and oxygen atoms in total. The topological polar surface area (TPSA) is 87.1 Å². The number of rotatable bonds is 11. The number of ether oxygens (including phenoxy) is 1. The van der Waals surface area contributed by atoms with Crippen molar-refractivity contribution in [2.45, 2.75) is 105 Å². The van der Waals surface area contributed by atoms with Crippen LogP contribution in [-0.2, 0) is 10.2 Å². The monoisotopic (exact) mass is 539 g/mol. The van der Waals surface area contributed by atoms with Gasteiger partial charge in [0.15, 0.2) is 0 Å². The Balaban J connectivity index is 2.45. The summed E-state index contributed by atoms with van der Waals surface area (Å²) in [6.07, 6.45) is 2.33. The Bertz CT molecular complexity index is 1190. The zero-order chi connectivity index (χ0) is 30.0. The highest BCUT2D eigenvalue weighted by atomic mass is 16.5. The summed E-state index contributed by atoms with van der Waals surface area (Å²) < 4.78 is 6.15. The minimum atomic E-state index is -1.32. The van der Waals surface area contributed by atoms with E-state index in [-0.39, 0.29) is 23.3 Å². The van der Waals surface area contributed by atoms with Gasteiger partial charge in [0.1, 0.15) is 23.5 Å². The van der Waals surface area contributed by atoms with Gasteiger partial charge in [-0.3, -0.25) is 4.79 Å². The van der Waals surface area contributed by atoms with Gasteiger partial charge in [-0.2, -0.15) is 0 Å². The standard InChI is InChI=1S/C33H49NO5/c1-12-32(13-2,24-15-17-26(22(4)19-24)28(35)34(11)31(9,10)29(36)37)25-16-18-27(23(5)20-25)39-21-33(38,14-3)30(6,7)8/h15-20,38H,12-14,21H2,1-11H3,(H,36,37). The Labute approximate surface area is 235 Å². The Hall–Kier alpha value is -2.86. The normalized spacial score (nSPS) is 14.1. The summed E-state index contributed by atoms with van der Waals surface area (Å²) in [5.74, 6) is -0.606. The molecule has 0 aliphatic carbocycles. The van der Waals surface area contributed by atoms with Crippen LogP contribution in [0, 0.1) is 19.3 Å². The fourth-order valence-electron chi connectivity index (χ4n) is 5.17. The van der Waals surface area contributed by atoms with Crippen molar-refractivity contribution in [3.8, 4) is 5.75 Å². The highest BCUT2D eigenvalue weighted by Gasteiger charge is 2.40. The van der Waals surface area contributed by atoms with Crippen molar-refractivity contribution < 1.29 is 24.5 Å². The van der Waals surface area contributed by atoms with Crippen molar-refractivity contribution in [1.82, 2.24) is 4.90 Å². The van der Waals surface area contributed by atoms with Gasteiger partial charge in [-0.25, -0.2) is 4.79 Å². The van der Waals surface area contributed by atoms with Crippen LogP contribution in [0.25, 0.3) is 0 Å². The second-order valence-corrected chi connectivity index (χ2v) is 12.5. The molecule has 1 amide bonds. The molecule has 6 heteroatoms. The van der Waals surface area contributed by atoms with Gasteiger partial charge in [-0.1, -0.05) is 65.8 Å². The maximum absolute atomic E-state index is 13.2. The number of nitrogens with zero attached hydrogens (tertiary/aromatic N) is 1. The van der Waals surface area contributed by atoms with Crippen LogP contribution in [0.4, 0.5) is 0 Å². The summed E-state index contributed by atoms with van der Waals surface area (Å²) in [5.41, 5.74) is 1.78. The predicted octanol–water partition coefficient (Wildman–Crippen LogP) is 6.91. The zero-order valence-electron chi connectivity index (χ0n) is 25.9. The molecule has 2 rings (SSSR count). The minimum Gasteiger partial charge on any atom is -0.490 e. The number of aliphatic carboxylic acids is 1. The van der Waals surface area contributed by atoms with E-state index >= 15 is 0 Å². The number of hydrogen-bond acceptors (Lipinski definition) is 4. The number of aryl methyl sites for hydroxylation is 2. The highest BCUT2D eigenvalue weighted by molar-refractivity contribution is 5.98. The molecule has 39 heavy (non-hydrogen) atoms. The van der Waals surface area contributed by atoms with Crippen LogP contribution in [-0.4, -0.2) is 51.8 Å². The highest BCUT2D eigenvalue weighted by Crippen LogP contribution is 2.41. The fraction of sp³-hybridized carbons (Fsp3) is 0.576. The molecule has 0 saturated carbocycles. The molecule has 0 radical (unpaired) electrons. The van der Waals surface area contributed by atoms with Crippen molar-refractivity contribution in [3.63, 3.8) is 0 Å². The summed E-state index contributed by atoms with van der Waals surface area (Å²) in [7, 11) is 1.53. The predicted molar refractivity (Wildman–Crippen MR) is 158 cm³/mol. The Morgan fingerprint density at radius 2 is 1.36 bits per heavy atom. The molecule has 0 fully saturated rings. The first-order valence-electron chi connectivity index (χ1n) is 14.0. The lowest BCUT2D eigenvalue weighted by Gasteiger charge is -2.39. The quantitative estimate of drug-likeness (QED) is 0.324. The van der Waals surface area contributed by atoms with E-state index in [4.69, 9.17) is 4.74 Å². The molecule has 0 aliphatic rings. The lowest BCUT2D eigenvalue weighted by atomic mass is 9.70. The van der Waals surface area contributed by atoms with Gasteiger partial charge < -0.3 is 19.8 Å². The molecule has 0 aliphatic heterocycles. The number of benzene rings is 2. The molecule has 0 aromatic heterocycles. The molecule has 0 spiro atoms. The molecule has 0 heterocycles. The molecule has 1 unspecified atom stereocenters. The smallest absolute Gasteiger partial charge is 0.329 e. The number of carboxylic acids is 1. The van der Waals surface area contributed by atoms with Crippen molar-refractivity contribution in [2.75, 3.05) is 13.7 Å². The van der Waals surface area contributed by atoms with Crippen LogP contribution in [0.2, 0.25) is 0 Å². The lowest BCUT2D eigenvalue weighted by molar-refractivity contribution is -0.147. The molecule has 0 saturated heterocycles. The summed E-state index contributed by atoms with van der Waals surface area (Å²) in [5, 5.41) is 20.7. The number of amides is 1. The number of hydrogen-bond donors (Lipinski definition) is 2. The molecular formula is C33H49NO5. The average Bonchev–Trinajstić information content (AvgIpc) is 2.87. The van der Waals surface area contributed by atoms with Crippen LogP contribution >= 0.6 is 0 Å². The molecule has 216 valence electrons. The third kappa shape index (κ3) is 6.16. The summed E-state index contributed by atoms with van der Waals surface area (Å²) in [4.78, 5) is 26.2. The lowest BCUT2D eigenvalue weighted by Crippen LogP contribution is -2.50. The third-order valence-corrected chi connectivity index (χ3v) is 9.06. The maximum Gasteiger partial charge on any atom is 0.329 e. The van der Waals surface area contributed by atoms with Gasteiger partial charge in [0.2, 0.25) is 0 Å². The first kappa shape index (κ1) is 32.4. The summed E-state index contributed by atoms with van der Waals surface area (Å²) >= 11 is 0. The Morgan fingerprint density at radius 3 is 1.77 bits per heavy atom. The van der Waals surface area contributed by atoms with Gasteiger partial charge in [0.05, 0.1) is 0 Å². The number of likely N-dealkylation sites (N-methyl/N-ethyl adjacent to an activating group) is 1. The SMILES string of the molecule is CCC(CC)(c1ccc(OCC(O)(CC)C(C)(C)C)c(C)c1)c1ccc(C(=O)N(C)C(C)(C)C(=O)O)c(C)c1. The van der Waals surface area contributed by atoms with Crippen molar-refractivity contribution in [1.29, 1.82) is 0 Å². The number of carboxylic acid groups (broad SMARTS) is 1. The molecule has 2 N–H and O–H groups in total.